The molecular formula is C11H10O3S. The summed E-state index contributed by atoms with van der Waals surface area (Å²) in [5.74, 6) is 1.29. The first-order chi connectivity index (χ1) is 7.22. The maximum atomic E-state index is 12.0. The Balaban J connectivity index is 2.36. The minimum Gasteiger partial charge on any atom is -0.495 e. The van der Waals surface area contributed by atoms with Crippen LogP contribution in [0.4, 0.5) is 0 Å². The number of hydrogen-bond donors (Lipinski definition) is 0. The highest BCUT2D eigenvalue weighted by Crippen LogP contribution is 2.27. The zero-order valence-corrected chi connectivity index (χ0v) is 9.26. The van der Waals surface area contributed by atoms with Gasteiger partial charge in [-0.15, -0.1) is 11.3 Å². The SMILES string of the molecule is COc1ccsc1C(=O)c1coc(C)c1. The summed E-state index contributed by atoms with van der Waals surface area (Å²) in [5.41, 5.74) is 0.563. The molecular weight excluding hydrogens is 212 g/mol. The monoisotopic (exact) mass is 222 g/mol. The Morgan fingerprint density at radius 3 is 2.93 bits per heavy atom. The molecule has 0 aliphatic rings. The van der Waals surface area contributed by atoms with Crippen molar-refractivity contribution in [2.24, 2.45) is 0 Å². The van der Waals surface area contributed by atoms with Gasteiger partial charge < -0.3 is 9.15 Å². The van der Waals surface area contributed by atoms with Crippen LogP contribution in [0.1, 0.15) is 21.0 Å². The number of rotatable bonds is 3. The summed E-state index contributed by atoms with van der Waals surface area (Å²) < 4.78 is 10.2. The second-order valence-corrected chi connectivity index (χ2v) is 4.01. The molecule has 2 heterocycles. The van der Waals surface area contributed by atoms with Crippen LogP contribution < -0.4 is 4.74 Å². The molecule has 0 saturated heterocycles. The molecule has 2 aromatic rings. The van der Waals surface area contributed by atoms with E-state index >= 15 is 0 Å². The van der Waals surface area contributed by atoms with Gasteiger partial charge >= 0.3 is 0 Å². The maximum absolute atomic E-state index is 12.0. The second-order valence-electron chi connectivity index (χ2n) is 3.09. The van der Waals surface area contributed by atoms with Crippen LogP contribution in [-0.4, -0.2) is 12.9 Å². The van der Waals surface area contributed by atoms with Crippen molar-refractivity contribution in [1.82, 2.24) is 0 Å². The van der Waals surface area contributed by atoms with Crippen LogP contribution in [0, 0.1) is 6.92 Å². The summed E-state index contributed by atoms with van der Waals surface area (Å²) in [5, 5.41) is 1.83. The molecule has 0 fully saturated rings. The second kappa shape index (κ2) is 3.90. The molecule has 78 valence electrons. The van der Waals surface area contributed by atoms with Gasteiger partial charge in [-0.2, -0.15) is 0 Å². The van der Waals surface area contributed by atoms with E-state index in [1.807, 2.05) is 12.3 Å². The predicted molar refractivity (Wildman–Crippen MR) is 57.7 cm³/mol. The van der Waals surface area contributed by atoms with Crippen molar-refractivity contribution < 1.29 is 13.9 Å². The first kappa shape index (κ1) is 9.98. The Kier molecular flexibility index (Phi) is 2.60. The lowest BCUT2D eigenvalue weighted by Gasteiger charge is -1.98. The normalized spacial score (nSPS) is 10.3. The Bertz CT molecular complexity index is 481. The Morgan fingerprint density at radius 2 is 2.33 bits per heavy atom. The summed E-state index contributed by atoms with van der Waals surface area (Å²) in [6.07, 6.45) is 1.47. The number of carbonyl (C=O) groups excluding carboxylic acids is 1. The lowest BCUT2D eigenvalue weighted by molar-refractivity contribution is 0.103. The summed E-state index contributed by atoms with van der Waals surface area (Å²) in [6, 6.07) is 3.51. The molecule has 15 heavy (non-hydrogen) atoms. The fourth-order valence-electron chi connectivity index (χ4n) is 1.32. The number of ketones is 1. The van der Waals surface area contributed by atoms with Crippen LogP contribution in [0.5, 0.6) is 5.75 Å². The third-order valence-electron chi connectivity index (χ3n) is 2.05. The standard InChI is InChI=1S/C11H10O3S/c1-7-5-8(6-14-7)10(12)11-9(13-2)3-4-15-11/h3-6H,1-2H3. The van der Waals surface area contributed by atoms with Crippen molar-refractivity contribution >= 4 is 17.1 Å². The highest BCUT2D eigenvalue weighted by molar-refractivity contribution is 7.12. The zero-order valence-electron chi connectivity index (χ0n) is 8.44. The third-order valence-corrected chi connectivity index (χ3v) is 2.94. The van der Waals surface area contributed by atoms with Crippen LogP contribution >= 0.6 is 11.3 Å². The molecule has 0 spiro atoms. The topological polar surface area (TPSA) is 39.4 Å². The van der Waals surface area contributed by atoms with Gasteiger partial charge in [0, 0.05) is 0 Å². The van der Waals surface area contributed by atoms with Gasteiger partial charge in [0.05, 0.1) is 12.7 Å². The molecule has 0 radical (unpaired) electrons. The third kappa shape index (κ3) is 1.80. The molecule has 4 heteroatoms. The van der Waals surface area contributed by atoms with Crippen molar-refractivity contribution in [1.29, 1.82) is 0 Å². The van der Waals surface area contributed by atoms with E-state index < -0.39 is 0 Å². The number of carbonyl (C=O) groups is 1. The number of hydrogen-bond acceptors (Lipinski definition) is 4. The van der Waals surface area contributed by atoms with Crippen molar-refractivity contribution in [3.8, 4) is 5.75 Å². The average molecular weight is 222 g/mol. The summed E-state index contributed by atoms with van der Waals surface area (Å²) in [4.78, 5) is 12.6. The van der Waals surface area contributed by atoms with Gasteiger partial charge in [0.25, 0.3) is 0 Å². The molecule has 0 aromatic carbocycles. The number of aryl methyl sites for hydroxylation is 1. The van der Waals surface area contributed by atoms with Crippen LogP contribution in [0.25, 0.3) is 0 Å². The van der Waals surface area contributed by atoms with E-state index in [-0.39, 0.29) is 5.78 Å². The van der Waals surface area contributed by atoms with Crippen LogP contribution in [0.15, 0.2) is 28.2 Å². The minimum atomic E-state index is -0.0568. The maximum Gasteiger partial charge on any atom is 0.209 e. The van der Waals surface area contributed by atoms with E-state index in [9.17, 15) is 4.79 Å². The lowest BCUT2D eigenvalue weighted by Crippen LogP contribution is -1.98. The largest absolute Gasteiger partial charge is 0.495 e. The highest BCUT2D eigenvalue weighted by atomic mass is 32.1. The number of ether oxygens (including phenoxy) is 1. The van der Waals surface area contributed by atoms with E-state index in [0.717, 1.165) is 5.76 Å². The van der Waals surface area contributed by atoms with Crippen LogP contribution in [-0.2, 0) is 0 Å². The quantitative estimate of drug-likeness (QED) is 0.749. The average Bonchev–Trinajstić information content (AvgIpc) is 2.84. The predicted octanol–water partition coefficient (Wildman–Crippen LogP) is 2.89. The number of thiophene rings is 1. The Hall–Kier alpha value is -1.55. The molecule has 0 aliphatic heterocycles. The first-order valence-electron chi connectivity index (χ1n) is 4.43. The van der Waals surface area contributed by atoms with Crippen LogP contribution in [0.2, 0.25) is 0 Å². The molecule has 2 aromatic heterocycles. The molecule has 0 aliphatic carbocycles. The van der Waals surface area contributed by atoms with Gasteiger partial charge in [-0.25, -0.2) is 0 Å². The van der Waals surface area contributed by atoms with Crippen molar-refractivity contribution in [2.45, 2.75) is 6.92 Å². The number of methoxy groups -OCH3 is 1. The van der Waals surface area contributed by atoms with Gasteiger partial charge in [-0.05, 0) is 24.4 Å². The summed E-state index contributed by atoms with van der Waals surface area (Å²) in [7, 11) is 1.56. The van der Waals surface area contributed by atoms with Gasteiger partial charge in [0.2, 0.25) is 5.78 Å². The molecule has 0 amide bonds. The Labute approximate surface area is 91.3 Å². The molecule has 0 unspecified atom stereocenters. The van der Waals surface area contributed by atoms with E-state index in [0.29, 0.717) is 16.2 Å². The minimum absolute atomic E-state index is 0.0568. The first-order valence-corrected chi connectivity index (χ1v) is 5.31. The summed E-state index contributed by atoms with van der Waals surface area (Å²) >= 11 is 1.37. The summed E-state index contributed by atoms with van der Waals surface area (Å²) in [6.45, 7) is 1.81. The number of furan rings is 1. The van der Waals surface area contributed by atoms with Crippen molar-refractivity contribution in [2.75, 3.05) is 7.11 Å². The molecule has 0 bridgehead atoms. The van der Waals surface area contributed by atoms with Crippen molar-refractivity contribution in [3.05, 3.63) is 40.0 Å². The fraction of sp³-hybridized carbons (Fsp3) is 0.182. The zero-order chi connectivity index (χ0) is 10.8. The van der Waals surface area contributed by atoms with E-state index in [1.165, 1.54) is 17.6 Å². The van der Waals surface area contributed by atoms with E-state index in [4.69, 9.17) is 9.15 Å². The van der Waals surface area contributed by atoms with Gasteiger partial charge in [0.15, 0.2) is 0 Å². The van der Waals surface area contributed by atoms with E-state index in [2.05, 4.69) is 0 Å². The van der Waals surface area contributed by atoms with Crippen molar-refractivity contribution in [3.63, 3.8) is 0 Å². The highest BCUT2D eigenvalue weighted by Gasteiger charge is 2.17. The molecule has 3 nitrogen and oxygen atoms in total. The Morgan fingerprint density at radius 1 is 1.53 bits per heavy atom. The van der Waals surface area contributed by atoms with E-state index in [1.54, 1.807) is 19.2 Å². The lowest BCUT2D eigenvalue weighted by atomic mass is 10.2. The van der Waals surface area contributed by atoms with Gasteiger partial charge in [0.1, 0.15) is 22.7 Å². The van der Waals surface area contributed by atoms with Crippen LogP contribution in [0.3, 0.4) is 0 Å². The molecule has 0 N–H and O–H groups in total. The molecule has 0 saturated carbocycles. The smallest absolute Gasteiger partial charge is 0.209 e. The van der Waals surface area contributed by atoms with Gasteiger partial charge in [-0.3, -0.25) is 4.79 Å². The molecule has 0 atom stereocenters. The molecule has 2 rings (SSSR count). The van der Waals surface area contributed by atoms with Gasteiger partial charge in [-0.1, -0.05) is 0 Å². The fourth-order valence-corrected chi connectivity index (χ4v) is 2.14.